The molecule has 1 heterocycles. The largest absolute Gasteiger partial charge is 0.484 e. The maximum absolute atomic E-state index is 12.6. The van der Waals surface area contributed by atoms with Crippen molar-refractivity contribution in [1.29, 1.82) is 0 Å². The number of benzene rings is 2. The lowest BCUT2D eigenvalue weighted by atomic mass is 10.1. The van der Waals surface area contributed by atoms with Gasteiger partial charge in [-0.2, -0.15) is 0 Å². The predicted molar refractivity (Wildman–Crippen MR) is 113 cm³/mol. The van der Waals surface area contributed by atoms with Crippen molar-refractivity contribution < 1.29 is 17.9 Å². The average molecular weight is 418 g/mol. The van der Waals surface area contributed by atoms with Crippen LogP contribution in [0.25, 0.3) is 0 Å². The third-order valence-electron chi connectivity index (χ3n) is 4.83. The van der Waals surface area contributed by atoms with Crippen LogP contribution in [0.3, 0.4) is 0 Å². The summed E-state index contributed by atoms with van der Waals surface area (Å²) in [4.78, 5) is 16.3. The Morgan fingerprint density at radius 1 is 1.00 bits per heavy atom. The van der Waals surface area contributed by atoms with Gasteiger partial charge < -0.3 is 14.5 Å². The third-order valence-corrected chi connectivity index (χ3v) is 6.22. The Morgan fingerprint density at radius 2 is 1.59 bits per heavy atom. The van der Waals surface area contributed by atoms with Gasteiger partial charge in [0.05, 0.1) is 4.90 Å². The van der Waals surface area contributed by atoms with E-state index in [9.17, 15) is 13.2 Å². The molecular formula is C21H27N3O4S. The molecule has 8 heteroatoms. The Kier molecular flexibility index (Phi) is 6.44. The molecule has 0 spiro atoms. The smallest absolute Gasteiger partial charge is 0.261 e. The van der Waals surface area contributed by atoms with E-state index in [-0.39, 0.29) is 17.4 Å². The number of nitrogens with zero attached hydrogens (tertiary/aromatic N) is 2. The zero-order valence-electron chi connectivity index (χ0n) is 17.0. The van der Waals surface area contributed by atoms with Crippen LogP contribution in [0.1, 0.15) is 11.1 Å². The van der Waals surface area contributed by atoms with Gasteiger partial charge in [-0.05, 0) is 68.4 Å². The minimum absolute atomic E-state index is 0.0589. The van der Waals surface area contributed by atoms with Crippen molar-refractivity contribution in [1.82, 2.24) is 9.80 Å². The van der Waals surface area contributed by atoms with Crippen molar-refractivity contribution in [3.63, 3.8) is 0 Å². The van der Waals surface area contributed by atoms with Crippen molar-refractivity contribution in [2.45, 2.75) is 18.7 Å². The van der Waals surface area contributed by atoms with E-state index in [4.69, 9.17) is 4.74 Å². The Labute approximate surface area is 172 Å². The number of anilines is 1. The topological polar surface area (TPSA) is 78.9 Å². The molecule has 1 fully saturated rings. The number of carbonyl (C=O) groups is 1. The first kappa shape index (κ1) is 21.1. The molecule has 0 saturated carbocycles. The van der Waals surface area contributed by atoms with Crippen LogP contribution in [0.15, 0.2) is 47.4 Å². The van der Waals surface area contributed by atoms with E-state index >= 15 is 0 Å². The van der Waals surface area contributed by atoms with Gasteiger partial charge >= 0.3 is 0 Å². The monoisotopic (exact) mass is 417 g/mol. The highest BCUT2D eigenvalue weighted by molar-refractivity contribution is 7.92. The lowest BCUT2D eigenvalue weighted by Gasteiger charge is -2.32. The van der Waals surface area contributed by atoms with Gasteiger partial charge in [-0.15, -0.1) is 0 Å². The van der Waals surface area contributed by atoms with Crippen LogP contribution in [-0.4, -0.2) is 64.0 Å². The standard InChI is InChI=1S/C21H27N3O4S/c1-16-12-17(2)14-18(13-16)22-29(26,27)20-6-4-19(5-7-20)28-15-21(25)24-10-8-23(3)9-11-24/h4-7,12-14,22H,8-11,15H2,1-3H3. The lowest BCUT2D eigenvalue weighted by Crippen LogP contribution is -2.48. The number of nitrogens with one attached hydrogen (secondary N) is 1. The molecule has 0 atom stereocenters. The molecule has 2 aromatic carbocycles. The second-order valence-electron chi connectivity index (χ2n) is 7.43. The van der Waals surface area contributed by atoms with E-state index in [0.717, 1.165) is 24.2 Å². The Bertz CT molecular complexity index is 946. The van der Waals surface area contributed by atoms with E-state index in [1.165, 1.54) is 12.1 Å². The molecule has 1 aliphatic rings. The van der Waals surface area contributed by atoms with Gasteiger partial charge in [0.2, 0.25) is 0 Å². The Hall–Kier alpha value is -2.58. The van der Waals surface area contributed by atoms with E-state index in [1.807, 2.05) is 27.0 Å². The van der Waals surface area contributed by atoms with Gasteiger partial charge in [-0.1, -0.05) is 6.07 Å². The van der Waals surface area contributed by atoms with Crippen molar-refractivity contribution in [3.05, 3.63) is 53.6 Å². The van der Waals surface area contributed by atoms with Crippen LogP contribution in [0.4, 0.5) is 5.69 Å². The number of carbonyl (C=O) groups excluding carboxylic acids is 1. The molecule has 0 aromatic heterocycles. The number of piperazine rings is 1. The molecule has 2 aromatic rings. The zero-order chi connectivity index (χ0) is 21.0. The second-order valence-corrected chi connectivity index (χ2v) is 9.11. The summed E-state index contributed by atoms with van der Waals surface area (Å²) >= 11 is 0. The molecule has 1 amide bonds. The van der Waals surface area contributed by atoms with Gasteiger partial charge in [0, 0.05) is 31.9 Å². The normalized spacial score (nSPS) is 15.2. The first-order valence-electron chi connectivity index (χ1n) is 9.53. The van der Waals surface area contributed by atoms with Crippen LogP contribution in [-0.2, 0) is 14.8 Å². The molecule has 0 radical (unpaired) electrons. The molecular weight excluding hydrogens is 390 g/mol. The summed E-state index contributed by atoms with van der Waals surface area (Å²) in [5.41, 5.74) is 2.49. The molecule has 1 aliphatic heterocycles. The quantitative estimate of drug-likeness (QED) is 0.780. The van der Waals surface area contributed by atoms with Gasteiger partial charge in [0.15, 0.2) is 6.61 Å². The molecule has 1 N–H and O–H groups in total. The number of hydrogen-bond acceptors (Lipinski definition) is 5. The van der Waals surface area contributed by atoms with E-state index < -0.39 is 10.0 Å². The fourth-order valence-electron chi connectivity index (χ4n) is 3.25. The van der Waals surface area contributed by atoms with Crippen LogP contribution in [0.5, 0.6) is 5.75 Å². The zero-order valence-corrected chi connectivity index (χ0v) is 17.8. The lowest BCUT2D eigenvalue weighted by molar-refractivity contribution is -0.134. The summed E-state index contributed by atoms with van der Waals surface area (Å²) in [5, 5.41) is 0. The molecule has 156 valence electrons. The third kappa shape index (κ3) is 5.71. The highest BCUT2D eigenvalue weighted by Gasteiger charge is 2.19. The number of amides is 1. The van der Waals surface area contributed by atoms with Crippen molar-refractivity contribution in [2.24, 2.45) is 0 Å². The van der Waals surface area contributed by atoms with Crippen molar-refractivity contribution >= 4 is 21.6 Å². The molecule has 0 aliphatic carbocycles. The fourth-order valence-corrected chi connectivity index (χ4v) is 4.30. The van der Waals surface area contributed by atoms with E-state index in [0.29, 0.717) is 24.5 Å². The molecule has 7 nitrogen and oxygen atoms in total. The van der Waals surface area contributed by atoms with Crippen LogP contribution < -0.4 is 9.46 Å². The number of likely N-dealkylation sites (N-methyl/N-ethyl adjacent to an activating group) is 1. The van der Waals surface area contributed by atoms with Crippen LogP contribution >= 0.6 is 0 Å². The summed E-state index contributed by atoms with van der Waals surface area (Å²) in [7, 11) is -1.67. The average Bonchev–Trinajstić information content (AvgIpc) is 2.66. The fraction of sp³-hybridized carbons (Fsp3) is 0.381. The van der Waals surface area contributed by atoms with E-state index in [2.05, 4.69) is 9.62 Å². The van der Waals surface area contributed by atoms with Gasteiger partial charge in [-0.25, -0.2) is 8.42 Å². The maximum atomic E-state index is 12.6. The molecule has 0 unspecified atom stereocenters. The minimum Gasteiger partial charge on any atom is -0.484 e. The Balaban J connectivity index is 1.59. The summed E-state index contributed by atoms with van der Waals surface area (Å²) in [6.45, 7) is 6.87. The summed E-state index contributed by atoms with van der Waals surface area (Å²) < 4.78 is 33.4. The van der Waals surface area contributed by atoms with Crippen LogP contribution in [0, 0.1) is 13.8 Å². The SMILES string of the molecule is Cc1cc(C)cc(NS(=O)(=O)c2ccc(OCC(=O)N3CCN(C)CC3)cc2)c1. The first-order chi connectivity index (χ1) is 13.7. The Morgan fingerprint density at radius 3 is 2.17 bits per heavy atom. The molecule has 1 saturated heterocycles. The number of ether oxygens (including phenoxy) is 1. The highest BCUT2D eigenvalue weighted by Crippen LogP contribution is 2.21. The molecule has 0 bridgehead atoms. The van der Waals surface area contributed by atoms with Gasteiger partial charge in [-0.3, -0.25) is 9.52 Å². The van der Waals surface area contributed by atoms with Crippen LogP contribution in [0.2, 0.25) is 0 Å². The van der Waals surface area contributed by atoms with Gasteiger partial charge in [0.25, 0.3) is 15.9 Å². The number of hydrogen-bond donors (Lipinski definition) is 1. The maximum Gasteiger partial charge on any atom is 0.261 e. The predicted octanol–water partition coefficient (Wildman–Crippen LogP) is 2.26. The number of rotatable bonds is 6. The second kappa shape index (κ2) is 8.84. The summed E-state index contributed by atoms with van der Waals surface area (Å²) in [6, 6.07) is 11.6. The number of sulfonamides is 1. The first-order valence-corrected chi connectivity index (χ1v) is 11.0. The minimum atomic E-state index is -3.70. The van der Waals surface area contributed by atoms with Crippen molar-refractivity contribution in [3.8, 4) is 5.75 Å². The summed E-state index contributed by atoms with van der Waals surface area (Å²) in [6.07, 6.45) is 0. The number of aryl methyl sites for hydroxylation is 2. The van der Waals surface area contributed by atoms with Gasteiger partial charge in [0.1, 0.15) is 5.75 Å². The van der Waals surface area contributed by atoms with E-state index in [1.54, 1.807) is 29.2 Å². The molecule has 29 heavy (non-hydrogen) atoms. The summed E-state index contributed by atoms with van der Waals surface area (Å²) in [5.74, 6) is 0.393. The highest BCUT2D eigenvalue weighted by atomic mass is 32.2. The van der Waals surface area contributed by atoms with Crippen molar-refractivity contribution in [2.75, 3.05) is 44.6 Å². The molecule has 3 rings (SSSR count).